The largest absolute Gasteiger partial charge is 0.458 e. The van der Waals surface area contributed by atoms with Gasteiger partial charge in [-0.3, -0.25) is 14.5 Å². The number of hydrogen-bond acceptors (Lipinski definition) is 6. The van der Waals surface area contributed by atoms with Gasteiger partial charge in [0.2, 0.25) is 11.7 Å². The van der Waals surface area contributed by atoms with Gasteiger partial charge in [0.25, 0.3) is 5.91 Å². The first-order chi connectivity index (χ1) is 18.4. The zero-order valence-corrected chi connectivity index (χ0v) is 22.1. The maximum absolute atomic E-state index is 14.0. The van der Waals surface area contributed by atoms with Crippen LogP contribution in [0.3, 0.4) is 0 Å². The van der Waals surface area contributed by atoms with Gasteiger partial charge >= 0.3 is 0 Å². The fourth-order valence-corrected chi connectivity index (χ4v) is 4.91. The highest BCUT2D eigenvalue weighted by Crippen LogP contribution is 2.31. The summed E-state index contributed by atoms with van der Waals surface area (Å²) in [6, 6.07) is 17.2. The van der Waals surface area contributed by atoms with Gasteiger partial charge in [0.1, 0.15) is 18.3 Å². The van der Waals surface area contributed by atoms with Gasteiger partial charge in [-0.2, -0.15) is 4.80 Å². The summed E-state index contributed by atoms with van der Waals surface area (Å²) in [4.78, 5) is 30.5. The Balaban J connectivity index is 1.51. The molecule has 4 aromatic rings. The number of nitrogens with zero attached hydrogens (tertiary/aromatic N) is 5. The van der Waals surface area contributed by atoms with Crippen LogP contribution in [0.4, 0.5) is 5.69 Å². The number of nitrogens with one attached hydrogen (secondary N) is 1. The predicted molar refractivity (Wildman–Crippen MR) is 144 cm³/mol. The molecule has 2 aromatic heterocycles. The molecule has 2 amide bonds. The second-order valence-corrected chi connectivity index (χ2v) is 10.0. The van der Waals surface area contributed by atoms with Crippen LogP contribution < -0.4 is 10.2 Å². The summed E-state index contributed by atoms with van der Waals surface area (Å²) in [5, 5.41) is 16.2. The van der Waals surface area contributed by atoms with Crippen LogP contribution in [-0.2, 0) is 16.1 Å². The molecule has 1 N–H and O–H groups in total. The Morgan fingerprint density at radius 3 is 2.55 bits per heavy atom. The zero-order chi connectivity index (χ0) is 26.6. The molecule has 5 rings (SSSR count). The van der Waals surface area contributed by atoms with Crippen molar-refractivity contribution < 1.29 is 14.0 Å². The van der Waals surface area contributed by atoms with Crippen LogP contribution in [0.5, 0.6) is 0 Å². The number of hydrogen-bond donors (Lipinski definition) is 1. The van der Waals surface area contributed by atoms with Gasteiger partial charge in [0, 0.05) is 16.8 Å². The third kappa shape index (κ3) is 5.78. The normalized spacial score (nSPS) is 14.4. The number of carbonyl (C=O) groups excluding carboxylic acids is 2. The quantitative estimate of drug-likeness (QED) is 0.341. The molecule has 10 heteroatoms. The molecule has 1 atom stereocenters. The van der Waals surface area contributed by atoms with Crippen LogP contribution in [0.2, 0.25) is 5.02 Å². The monoisotopic (exact) mass is 532 g/mol. The van der Waals surface area contributed by atoms with Gasteiger partial charge in [0.15, 0.2) is 5.76 Å². The van der Waals surface area contributed by atoms with Crippen molar-refractivity contribution in [2.75, 3.05) is 4.90 Å². The number of benzene rings is 2. The first-order valence-corrected chi connectivity index (χ1v) is 13.0. The Bertz CT molecular complexity index is 1420. The second-order valence-electron chi connectivity index (χ2n) is 9.60. The van der Waals surface area contributed by atoms with Crippen molar-refractivity contribution in [3.05, 3.63) is 82.6 Å². The summed E-state index contributed by atoms with van der Waals surface area (Å²) in [7, 11) is 0. The Kier molecular flexibility index (Phi) is 7.55. The topological polar surface area (TPSA) is 106 Å². The Morgan fingerprint density at radius 1 is 1.11 bits per heavy atom. The van der Waals surface area contributed by atoms with E-state index in [9.17, 15) is 9.59 Å². The lowest BCUT2D eigenvalue weighted by atomic mass is 10.0. The number of tetrazole rings is 1. The first kappa shape index (κ1) is 25.7. The van der Waals surface area contributed by atoms with Gasteiger partial charge < -0.3 is 9.73 Å². The molecular formula is C28H29ClN6O3. The highest BCUT2D eigenvalue weighted by Gasteiger charge is 2.35. The van der Waals surface area contributed by atoms with Crippen LogP contribution in [0.25, 0.3) is 11.6 Å². The number of rotatable bonds is 8. The van der Waals surface area contributed by atoms with E-state index in [1.165, 1.54) is 9.70 Å². The summed E-state index contributed by atoms with van der Waals surface area (Å²) in [6.07, 6.45) is 4.00. The molecule has 0 radical (unpaired) electrons. The van der Waals surface area contributed by atoms with Gasteiger partial charge in [-0.15, -0.1) is 10.2 Å². The molecule has 1 aliphatic rings. The molecule has 0 unspecified atom stereocenters. The van der Waals surface area contributed by atoms with Crippen molar-refractivity contribution >= 4 is 29.1 Å². The molecule has 1 fully saturated rings. The van der Waals surface area contributed by atoms with E-state index in [0.29, 0.717) is 22.0 Å². The molecule has 0 aliphatic heterocycles. The molecule has 2 aromatic carbocycles. The summed E-state index contributed by atoms with van der Waals surface area (Å²) < 4.78 is 5.58. The van der Waals surface area contributed by atoms with Crippen LogP contribution in [0.15, 0.2) is 65.1 Å². The molecule has 0 bridgehead atoms. The molecule has 0 spiro atoms. The van der Waals surface area contributed by atoms with Gasteiger partial charge in [0.05, 0.1) is 0 Å². The average molecular weight is 533 g/mol. The highest BCUT2D eigenvalue weighted by molar-refractivity contribution is 6.30. The minimum absolute atomic E-state index is 0.0862. The number of halogens is 1. The van der Waals surface area contributed by atoms with Gasteiger partial charge in [-0.1, -0.05) is 48.7 Å². The minimum Gasteiger partial charge on any atom is -0.458 e. The Morgan fingerprint density at radius 2 is 1.87 bits per heavy atom. The number of aromatic nitrogens is 4. The third-order valence-electron chi connectivity index (χ3n) is 6.63. The van der Waals surface area contributed by atoms with E-state index in [0.717, 1.165) is 37.0 Å². The lowest BCUT2D eigenvalue weighted by Crippen LogP contribution is -2.47. The van der Waals surface area contributed by atoms with Crippen molar-refractivity contribution in [1.82, 2.24) is 25.5 Å². The van der Waals surface area contributed by atoms with E-state index >= 15 is 0 Å². The van der Waals surface area contributed by atoms with Gasteiger partial charge in [-0.25, -0.2) is 0 Å². The average Bonchev–Trinajstić information content (AvgIpc) is 3.66. The van der Waals surface area contributed by atoms with E-state index < -0.39 is 6.04 Å². The van der Waals surface area contributed by atoms with E-state index in [1.807, 2.05) is 38.1 Å². The fourth-order valence-electron chi connectivity index (χ4n) is 4.79. The van der Waals surface area contributed by atoms with Crippen LogP contribution in [-0.4, -0.2) is 38.1 Å². The van der Waals surface area contributed by atoms with Crippen molar-refractivity contribution in [2.24, 2.45) is 0 Å². The van der Waals surface area contributed by atoms with Crippen LogP contribution in [0.1, 0.15) is 48.6 Å². The molecule has 2 heterocycles. The van der Waals surface area contributed by atoms with E-state index in [-0.39, 0.29) is 30.2 Å². The predicted octanol–water partition coefficient (Wildman–Crippen LogP) is 5.04. The number of carbonyl (C=O) groups is 2. The summed E-state index contributed by atoms with van der Waals surface area (Å²) in [5.74, 6) is 0.856. The fraction of sp³-hybridized carbons (Fsp3) is 0.321. The van der Waals surface area contributed by atoms with Crippen molar-refractivity contribution in [3.8, 4) is 11.6 Å². The van der Waals surface area contributed by atoms with Crippen molar-refractivity contribution in [2.45, 2.75) is 58.2 Å². The molecule has 9 nitrogen and oxygen atoms in total. The smallest absolute Gasteiger partial charge is 0.251 e. The van der Waals surface area contributed by atoms with Gasteiger partial charge in [-0.05, 0) is 79.4 Å². The number of anilines is 1. The maximum atomic E-state index is 14.0. The number of furan rings is 1. The molecule has 38 heavy (non-hydrogen) atoms. The SMILES string of the molecule is Cc1cccc(N(C(=O)Cn2nnc(-c3ccc(C)o3)n2)[C@H](C(=O)NC2CCCC2)c2ccc(Cl)cc2)c1. The molecule has 196 valence electrons. The minimum atomic E-state index is -0.919. The molecular weight excluding hydrogens is 504 g/mol. The molecule has 1 aliphatic carbocycles. The van der Waals surface area contributed by atoms with Crippen molar-refractivity contribution in [3.63, 3.8) is 0 Å². The summed E-state index contributed by atoms with van der Waals surface area (Å²) in [5.41, 5.74) is 2.21. The third-order valence-corrected chi connectivity index (χ3v) is 6.88. The molecule has 0 saturated heterocycles. The van der Waals surface area contributed by atoms with Crippen LogP contribution in [0, 0.1) is 13.8 Å². The van der Waals surface area contributed by atoms with E-state index in [2.05, 4.69) is 20.7 Å². The zero-order valence-electron chi connectivity index (χ0n) is 21.3. The summed E-state index contributed by atoms with van der Waals surface area (Å²) in [6.45, 7) is 3.55. The van der Waals surface area contributed by atoms with E-state index in [1.54, 1.807) is 36.4 Å². The maximum Gasteiger partial charge on any atom is 0.251 e. The lowest BCUT2D eigenvalue weighted by Gasteiger charge is -2.32. The number of amides is 2. The highest BCUT2D eigenvalue weighted by atomic mass is 35.5. The standard InChI is InChI=1S/C28H29ClN6O3/c1-18-6-5-9-23(16-18)35(25(36)17-34-32-27(31-33-34)24-15-10-19(2)38-24)26(20-11-13-21(29)14-12-20)28(37)30-22-7-3-4-8-22/h5-6,9-16,22,26H,3-4,7-8,17H2,1-2H3,(H,30,37)/t26-/m0/s1. The summed E-state index contributed by atoms with van der Waals surface area (Å²) >= 11 is 6.16. The Labute approximate surface area is 225 Å². The Hall–Kier alpha value is -3.98. The second kappa shape index (κ2) is 11.2. The van der Waals surface area contributed by atoms with Crippen molar-refractivity contribution in [1.29, 1.82) is 0 Å². The molecule has 1 saturated carbocycles. The van der Waals surface area contributed by atoms with Crippen LogP contribution >= 0.6 is 11.6 Å². The number of aryl methyl sites for hydroxylation is 2. The first-order valence-electron chi connectivity index (χ1n) is 12.7. The van der Waals surface area contributed by atoms with E-state index in [4.69, 9.17) is 16.0 Å². The lowest BCUT2D eigenvalue weighted by molar-refractivity contribution is -0.127.